The number of hydrogen-bond donors (Lipinski definition) is 4. The van der Waals surface area contributed by atoms with Crippen molar-refractivity contribution in [2.24, 2.45) is 0 Å². The van der Waals surface area contributed by atoms with Crippen LogP contribution in [0.15, 0.2) is 24.7 Å². The van der Waals surface area contributed by atoms with Gasteiger partial charge in [-0.1, -0.05) is 0 Å². The first-order valence-electron chi connectivity index (χ1n) is 6.25. The lowest BCUT2D eigenvalue weighted by molar-refractivity contribution is 0.639. The van der Waals surface area contributed by atoms with E-state index < -0.39 is 5.82 Å². The van der Waals surface area contributed by atoms with E-state index in [4.69, 9.17) is 11.1 Å². The van der Waals surface area contributed by atoms with Crippen molar-refractivity contribution in [2.45, 2.75) is 6.92 Å². The van der Waals surface area contributed by atoms with Gasteiger partial charge >= 0.3 is 0 Å². The van der Waals surface area contributed by atoms with Crippen LogP contribution in [0.2, 0.25) is 0 Å². The molecule has 0 radical (unpaired) electrons. The van der Waals surface area contributed by atoms with E-state index in [1.807, 2.05) is 6.92 Å². The molecule has 0 fully saturated rings. The molecule has 0 aliphatic heterocycles. The van der Waals surface area contributed by atoms with Gasteiger partial charge in [0.2, 0.25) is 0 Å². The fraction of sp³-hybridized carbons (Fsp3) is 0.0714. The maximum atomic E-state index is 13.8. The molecule has 2 aromatic heterocycles. The molecule has 1 aromatic carbocycles. The third-order valence-electron chi connectivity index (χ3n) is 3.26. The largest absolute Gasteiger partial charge is 0.398 e. The number of rotatable bonds is 3. The Morgan fingerprint density at radius 3 is 2.95 bits per heavy atom. The first-order chi connectivity index (χ1) is 10.1. The van der Waals surface area contributed by atoms with E-state index in [-0.39, 0.29) is 0 Å². The van der Waals surface area contributed by atoms with Crippen molar-refractivity contribution in [3.05, 3.63) is 41.6 Å². The lowest BCUT2D eigenvalue weighted by Gasteiger charge is -2.12. The molecule has 0 atom stereocenters. The molecule has 0 amide bonds. The maximum Gasteiger partial charge on any atom is 0.153 e. The zero-order valence-corrected chi connectivity index (χ0v) is 11.2. The van der Waals surface area contributed by atoms with Crippen molar-refractivity contribution in [1.29, 1.82) is 5.41 Å². The standard InChI is InChI=1S/C14H13FN6/c1-7-2-10(17)8(4-16)3-11(7)21-14-12-9(15)5-18-13(12)19-6-20-14/h2-6,16H,17H2,1H3,(H2,18,19,20,21). The smallest absolute Gasteiger partial charge is 0.153 e. The number of nitrogens with two attached hydrogens (primary N) is 1. The number of aromatic amines is 1. The van der Waals surface area contributed by atoms with Crippen molar-refractivity contribution >= 4 is 34.4 Å². The first kappa shape index (κ1) is 13.0. The summed E-state index contributed by atoms with van der Waals surface area (Å²) < 4.78 is 13.8. The molecule has 0 aliphatic carbocycles. The van der Waals surface area contributed by atoms with Gasteiger partial charge in [-0.3, -0.25) is 0 Å². The summed E-state index contributed by atoms with van der Waals surface area (Å²) in [6.45, 7) is 1.87. The van der Waals surface area contributed by atoms with Crippen LogP contribution in [-0.2, 0) is 0 Å². The minimum absolute atomic E-state index is 0.296. The highest BCUT2D eigenvalue weighted by atomic mass is 19.1. The summed E-state index contributed by atoms with van der Waals surface area (Å²) in [6, 6.07) is 3.49. The Balaban J connectivity index is 2.10. The molecular weight excluding hydrogens is 271 g/mol. The number of anilines is 3. The predicted molar refractivity (Wildman–Crippen MR) is 80.6 cm³/mol. The van der Waals surface area contributed by atoms with Crippen LogP contribution >= 0.6 is 0 Å². The van der Waals surface area contributed by atoms with E-state index in [1.165, 1.54) is 18.7 Å². The van der Waals surface area contributed by atoms with Crippen molar-refractivity contribution in [3.63, 3.8) is 0 Å². The van der Waals surface area contributed by atoms with Crippen LogP contribution in [-0.4, -0.2) is 21.2 Å². The number of aromatic nitrogens is 3. The van der Waals surface area contributed by atoms with Crippen LogP contribution in [0.1, 0.15) is 11.1 Å². The normalized spacial score (nSPS) is 10.8. The number of H-pyrrole nitrogens is 1. The molecule has 106 valence electrons. The number of hydrogen-bond acceptors (Lipinski definition) is 5. The summed E-state index contributed by atoms with van der Waals surface area (Å²) in [5.74, 6) is -0.0592. The SMILES string of the molecule is Cc1cc(N)c(C=N)cc1Nc1ncnc2[nH]cc(F)c12. The van der Waals surface area contributed by atoms with Crippen LogP contribution < -0.4 is 11.1 Å². The average Bonchev–Trinajstić information content (AvgIpc) is 2.84. The Morgan fingerprint density at radius 2 is 2.19 bits per heavy atom. The molecule has 0 saturated carbocycles. The molecule has 3 aromatic rings. The predicted octanol–water partition coefficient (Wildman–Crippen LogP) is 2.73. The summed E-state index contributed by atoms with van der Waals surface area (Å²) in [5, 5.41) is 10.7. The molecule has 21 heavy (non-hydrogen) atoms. The number of nitrogen functional groups attached to an aromatic ring is 1. The van der Waals surface area contributed by atoms with Gasteiger partial charge in [0.1, 0.15) is 17.8 Å². The highest BCUT2D eigenvalue weighted by Gasteiger charge is 2.12. The summed E-state index contributed by atoms with van der Waals surface area (Å²) in [5.41, 5.74) is 8.94. The van der Waals surface area contributed by atoms with Crippen LogP contribution in [0.3, 0.4) is 0 Å². The average molecular weight is 284 g/mol. The maximum absolute atomic E-state index is 13.8. The molecule has 0 saturated heterocycles. The molecule has 0 bridgehead atoms. The summed E-state index contributed by atoms with van der Waals surface area (Å²) >= 11 is 0. The lowest BCUT2D eigenvalue weighted by atomic mass is 10.1. The van der Waals surface area contributed by atoms with E-state index in [0.717, 1.165) is 5.56 Å². The number of fused-ring (bicyclic) bond motifs is 1. The van der Waals surface area contributed by atoms with Crippen molar-refractivity contribution in [2.75, 3.05) is 11.1 Å². The molecule has 0 spiro atoms. The second kappa shape index (κ2) is 4.86. The fourth-order valence-corrected chi connectivity index (χ4v) is 2.15. The minimum Gasteiger partial charge on any atom is -0.398 e. The quantitative estimate of drug-likeness (QED) is 0.438. The third kappa shape index (κ3) is 2.18. The molecular formula is C14H13FN6. The molecule has 5 N–H and O–H groups in total. The third-order valence-corrected chi connectivity index (χ3v) is 3.26. The van der Waals surface area contributed by atoms with Gasteiger partial charge in [-0.25, -0.2) is 14.4 Å². The van der Waals surface area contributed by atoms with Gasteiger partial charge in [0.15, 0.2) is 5.82 Å². The topological polar surface area (TPSA) is 103 Å². The lowest BCUT2D eigenvalue weighted by Crippen LogP contribution is -2.01. The van der Waals surface area contributed by atoms with Gasteiger partial charge in [0.05, 0.1) is 5.39 Å². The van der Waals surface area contributed by atoms with Gasteiger partial charge in [-0.05, 0) is 24.6 Å². The van der Waals surface area contributed by atoms with Crippen molar-refractivity contribution in [3.8, 4) is 0 Å². The number of aryl methyl sites for hydroxylation is 1. The van der Waals surface area contributed by atoms with Crippen LogP contribution in [0.4, 0.5) is 21.6 Å². The Labute approximate surface area is 119 Å². The second-order valence-electron chi connectivity index (χ2n) is 4.65. The second-order valence-corrected chi connectivity index (χ2v) is 4.65. The van der Waals surface area contributed by atoms with E-state index in [0.29, 0.717) is 33.8 Å². The molecule has 6 nitrogen and oxygen atoms in total. The monoisotopic (exact) mass is 284 g/mol. The molecule has 3 rings (SSSR count). The van der Waals surface area contributed by atoms with Crippen molar-refractivity contribution < 1.29 is 4.39 Å². The van der Waals surface area contributed by atoms with Crippen LogP contribution in [0.25, 0.3) is 11.0 Å². The Kier molecular flexibility index (Phi) is 3.02. The Bertz CT molecular complexity index is 839. The van der Waals surface area contributed by atoms with Gasteiger partial charge in [0.25, 0.3) is 0 Å². The Hall–Kier alpha value is -2.96. The van der Waals surface area contributed by atoms with E-state index in [2.05, 4.69) is 20.3 Å². The summed E-state index contributed by atoms with van der Waals surface area (Å²) in [7, 11) is 0. The first-order valence-corrected chi connectivity index (χ1v) is 6.25. The number of nitrogens with zero attached hydrogens (tertiary/aromatic N) is 2. The van der Waals surface area contributed by atoms with E-state index in [1.54, 1.807) is 12.1 Å². The van der Waals surface area contributed by atoms with Gasteiger partial charge < -0.3 is 21.4 Å². The highest BCUT2D eigenvalue weighted by molar-refractivity contribution is 5.92. The highest BCUT2D eigenvalue weighted by Crippen LogP contribution is 2.28. The van der Waals surface area contributed by atoms with E-state index >= 15 is 0 Å². The minimum atomic E-state index is -0.423. The van der Waals surface area contributed by atoms with Crippen LogP contribution in [0.5, 0.6) is 0 Å². The van der Waals surface area contributed by atoms with Crippen LogP contribution in [0, 0.1) is 18.2 Å². The fourth-order valence-electron chi connectivity index (χ4n) is 2.15. The van der Waals surface area contributed by atoms with Gasteiger partial charge in [0, 0.05) is 29.3 Å². The summed E-state index contributed by atoms with van der Waals surface area (Å²) in [6.07, 6.45) is 3.76. The zero-order valence-electron chi connectivity index (χ0n) is 11.2. The van der Waals surface area contributed by atoms with Gasteiger partial charge in [-0.15, -0.1) is 0 Å². The molecule has 0 unspecified atom stereocenters. The molecule has 2 heterocycles. The zero-order chi connectivity index (χ0) is 15.0. The number of halogens is 1. The van der Waals surface area contributed by atoms with E-state index in [9.17, 15) is 4.39 Å². The Morgan fingerprint density at radius 1 is 1.38 bits per heavy atom. The molecule has 7 heteroatoms. The molecule has 0 aliphatic rings. The number of nitrogens with one attached hydrogen (secondary N) is 3. The van der Waals surface area contributed by atoms with Gasteiger partial charge in [-0.2, -0.15) is 0 Å². The van der Waals surface area contributed by atoms with Crippen molar-refractivity contribution in [1.82, 2.24) is 15.0 Å². The summed E-state index contributed by atoms with van der Waals surface area (Å²) in [4.78, 5) is 10.8. The number of benzene rings is 1.